The third-order valence-corrected chi connectivity index (χ3v) is 3.33. The minimum atomic E-state index is -2.25. The van der Waals surface area contributed by atoms with E-state index in [-0.39, 0.29) is 0 Å². The molecule has 0 saturated heterocycles. The molecular weight excluding hydrogens is 153 g/mol. The van der Waals surface area contributed by atoms with Gasteiger partial charge in [0, 0.05) is 0 Å². The Bertz CT molecular complexity index is 82.2. The Balaban J connectivity index is 3.79. The zero-order valence-electron chi connectivity index (χ0n) is 4.86. The van der Waals surface area contributed by atoms with E-state index in [1.54, 1.807) is 0 Å². The van der Waals surface area contributed by atoms with Crippen molar-refractivity contribution in [3.63, 3.8) is 0 Å². The molecule has 0 saturated carbocycles. The summed E-state index contributed by atoms with van der Waals surface area (Å²) in [5, 5.41) is 8.33. The van der Waals surface area contributed by atoms with Crippen molar-refractivity contribution in [2.24, 2.45) is 0 Å². The fourth-order valence-corrected chi connectivity index (χ4v) is 0. The summed E-state index contributed by atoms with van der Waals surface area (Å²) in [7, 11) is 0. The zero-order valence-corrected chi connectivity index (χ0v) is 6.95. The predicted molar refractivity (Wildman–Crippen MR) is 31.4 cm³/mol. The van der Waals surface area contributed by atoms with Crippen molar-refractivity contribution in [3.05, 3.63) is 0 Å². The Kier molecular flexibility index (Phi) is 1.86. The molecule has 0 radical (unpaired) electrons. The molecule has 0 aliphatic heterocycles. The van der Waals surface area contributed by atoms with Crippen LogP contribution in [0.25, 0.3) is 0 Å². The standard InChI is InChI=1S/C4H10GeO2/c1-5(2,3)4(6)7/h1-3H3,(H,6,7). The van der Waals surface area contributed by atoms with E-state index in [2.05, 4.69) is 0 Å². The second-order valence-corrected chi connectivity index (χ2v) is 12.9. The van der Waals surface area contributed by atoms with E-state index < -0.39 is 18.1 Å². The summed E-state index contributed by atoms with van der Waals surface area (Å²) < 4.78 is 0. The third-order valence-electron chi connectivity index (χ3n) is 0.642. The Hall–Kier alpha value is 0.0129. The van der Waals surface area contributed by atoms with Gasteiger partial charge in [0.2, 0.25) is 0 Å². The van der Waals surface area contributed by atoms with Crippen LogP contribution in [-0.4, -0.2) is 23.2 Å². The summed E-state index contributed by atoms with van der Waals surface area (Å²) in [5.74, 6) is 5.55. The van der Waals surface area contributed by atoms with Gasteiger partial charge in [-0.25, -0.2) is 0 Å². The van der Waals surface area contributed by atoms with Crippen molar-refractivity contribution < 1.29 is 9.90 Å². The molecule has 0 bridgehead atoms. The molecule has 1 N–H and O–H groups in total. The van der Waals surface area contributed by atoms with Crippen molar-refractivity contribution >= 4 is 18.1 Å². The van der Waals surface area contributed by atoms with E-state index >= 15 is 0 Å². The predicted octanol–water partition coefficient (Wildman–Crippen LogP) is 1.58. The molecule has 3 heteroatoms. The summed E-state index contributed by atoms with van der Waals surface area (Å²) >= 11 is -2.25. The van der Waals surface area contributed by atoms with Crippen LogP contribution in [0.4, 0.5) is 4.79 Å². The number of carbonyl (C=O) groups is 1. The zero-order chi connectivity index (χ0) is 6.08. The van der Waals surface area contributed by atoms with Crippen molar-refractivity contribution in [2.45, 2.75) is 17.3 Å². The van der Waals surface area contributed by atoms with Gasteiger partial charge in [0.25, 0.3) is 0 Å². The Morgan fingerprint density at radius 1 is 1.43 bits per heavy atom. The van der Waals surface area contributed by atoms with Crippen LogP contribution in [0.1, 0.15) is 0 Å². The van der Waals surface area contributed by atoms with Gasteiger partial charge in [-0.15, -0.1) is 0 Å². The number of carboxylic acid groups (broad SMARTS) is 1. The van der Waals surface area contributed by atoms with Gasteiger partial charge < -0.3 is 0 Å². The molecule has 42 valence electrons. The first-order valence-electron chi connectivity index (χ1n) is 2.18. The Morgan fingerprint density at radius 2 is 1.57 bits per heavy atom. The molecule has 2 nitrogen and oxygen atoms in total. The van der Waals surface area contributed by atoms with Crippen LogP contribution in [0.3, 0.4) is 0 Å². The molecule has 0 aliphatic rings. The molecule has 0 aromatic carbocycles. The maximum absolute atomic E-state index is 10.1. The molecule has 0 fully saturated rings. The monoisotopic (exact) mass is 164 g/mol. The van der Waals surface area contributed by atoms with E-state index in [1.165, 1.54) is 0 Å². The van der Waals surface area contributed by atoms with Crippen LogP contribution in [-0.2, 0) is 0 Å². The molecular formula is C4H10GeO2. The second-order valence-electron chi connectivity index (χ2n) is 2.56. The summed E-state index contributed by atoms with van der Waals surface area (Å²) in [5.41, 5.74) is 0. The molecule has 0 aliphatic carbocycles. The van der Waals surface area contributed by atoms with Crippen LogP contribution >= 0.6 is 0 Å². The topological polar surface area (TPSA) is 37.3 Å². The first-order valence-corrected chi connectivity index (χ1v) is 9.52. The molecule has 0 spiro atoms. The molecule has 0 aromatic heterocycles. The van der Waals surface area contributed by atoms with Gasteiger partial charge >= 0.3 is 45.2 Å². The molecule has 0 aromatic rings. The average molecular weight is 163 g/mol. The van der Waals surface area contributed by atoms with E-state index in [1.807, 2.05) is 17.3 Å². The fraction of sp³-hybridized carbons (Fsp3) is 0.750. The van der Waals surface area contributed by atoms with E-state index in [4.69, 9.17) is 5.11 Å². The third kappa shape index (κ3) is 2.68. The fourth-order valence-electron chi connectivity index (χ4n) is 0. The first-order chi connectivity index (χ1) is 2.94. The van der Waals surface area contributed by atoms with E-state index in [0.29, 0.717) is 0 Å². The Morgan fingerprint density at radius 3 is 1.57 bits per heavy atom. The normalized spacial score (nSPS) is 11.3. The number of hydrogen-bond donors (Lipinski definition) is 1. The summed E-state index contributed by atoms with van der Waals surface area (Å²) in [4.78, 5) is 9.53. The van der Waals surface area contributed by atoms with E-state index in [0.717, 1.165) is 0 Å². The molecule has 7 heavy (non-hydrogen) atoms. The number of rotatable bonds is 1. The quantitative estimate of drug-likeness (QED) is 0.595. The van der Waals surface area contributed by atoms with Crippen LogP contribution < -0.4 is 0 Å². The average Bonchev–Trinajstić information content (AvgIpc) is 1.31. The van der Waals surface area contributed by atoms with Crippen molar-refractivity contribution in [1.29, 1.82) is 0 Å². The summed E-state index contributed by atoms with van der Waals surface area (Å²) in [6.45, 7) is 0. The number of hydrogen-bond acceptors (Lipinski definition) is 1. The summed E-state index contributed by atoms with van der Waals surface area (Å²) in [6.07, 6.45) is 0. The second kappa shape index (κ2) is 1.86. The van der Waals surface area contributed by atoms with Crippen LogP contribution in [0.2, 0.25) is 17.3 Å². The van der Waals surface area contributed by atoms with Gasteiger partial charge in [0.05, 0.1) is 0 Å². The van der Waals surface area contributed by atoms with Crippen molar-refractivity contribution in [1.82, 2.24) is 0 Å². The SMILES string of the molecule is [CH3][Ge]([CH3])([CH3])[C](=O)O. The van der Waals surface area contributed by atoms with Crippen LogP contribution in [0.15, 0.2) is 0 Å². The van der Waals surface area contributed by atoms with Crippen LogP contribution in [0, 0.1) is 0 Å². The van der Waals surface area contributed by atoms with Crippen LogP contribution in [0.5, 0.6) is 0 Å². The van der Waals surface area contributed by atoms with Gasteiger partial charge in [0.1, 0.15) is 0 Å². The van der Waals surface area contributed by atoms with Crippen molar-refractivity contribution in [3.8, 4) is 0 Å². The molecule has 0 unspecified atom stereocenters. The van der Waals surface area contributed by atoms with E-state index in [9.17, 15) is 4.79 Å². The van der Waals surface area contributed by atoms with Gasteiger partial charge in [-0.1, -0.05) is 0 Å². The maximum atomic E-state index is 10.1. The summed E-state index contributed by atoms with van der Waals surface area (Å²) in [6, 6.07) is 0. The first kappa shape index (κ1) is 7.01. The molecule has 0 heterocycles. The molecule has 0 amide bonds. The minimum absolute atomic E-state index is 0.569. The van der Waals surface area contributed by atoms with Gasteiger partial charge in [-0.3, -0.25) is 0 Å². The molecule has 0 rings (SSSR count). The van der Waals surface area contributed by atoms with Gasteiger partial charge in [-0.2, -0.15) is 0 Å². The van der Waals surface area contributed by atoms with Gasteiger partial charge in [0.15, 0.2) is 0 Å². The Labute approximate surface area is 45.9 Å². The van der Waals surface area contributed by atoms with Gasteiger partial charge in [-0.05, 0) is 0 Å². The van der Waals surface area contributed by atoms with Crippen molar-refractivity contribution in [2.75, 3.05) is 0 Å². The molecule has 0 atom stereocenters.